The van der Waals surface area contributed by atoms with Gasteiger partial charge in [0.2, 0.25) is 0 Å². The fourth-order valence-corrected chi connectivity index (χ4v) is 2.46. The lowest BCUT2D eigenvalue weighted by molar-refractivity contribution is -0.140. The molecule has 0 heterocycles. The Kier molecular flexibility index (Phi) is 6.73. The van der Waals surface area contributed by atoms with Gasteiger partial charge in [-0.3, -0.25) is 4.79 Å². The van der Waals surface area contributed by atoms with Crippen molar-refractivity contribution in [1.29, 1.82) is 0 Å². The average molecular weight is 270 g/mol. The van der Waals surface area contributed by atoms with Gasteiger partial charge in [0.15, 0.2) is 0 Å². The number of methoxy groups -OCH3 is 1. The molecule has 5 heteroatoms. The van der Waals surface area contributed by atoms with Crippen LogP contribution in [-0.2, 0) is 14.3 Å². The zero-order valence-electron chi connectivity index (χ0n) is 11.2. The Morgan fingerprint density at radius 3 is 2.68 bits per heavy atom. The van der Waals surface area contributed by atoms with Crippen LogP contribution in [0.4, 0.5) is 0 Å². The van der Waals surface area contributed by atoms with Crippen molar-refractivity contribution in [3.63, 3.8) is 0 Å². The molecule has 108 valence electrons. The maximum absolute atomic E-state index is 10.9. The molecule has 5 nitrogen and oxygen atoms in total. The van der Waals surface area contributed by atoms with E-state index in [1.807, 2.05) is 12.2 Å². The lowest BCUT2D eigenvalue weighted by atomic mass is 9.91. The number of hydrogen-bond acceptors (Lipinski definition) is 5. The lowest BCUT2D eigenvalue weighted by Gasteiger charge is -2.16. The highest BCUT2D eigenvalue weighted by Gasteiger charge is 2.40. The molecule has 0 bridgehead atoms. The van der Waals surface area contributed by atoms with Gasteiger partial charge >= 0.3 is 5.97 Å². The lowest BCUT2D eigenvalue weighted by Crippen LogP contribution is -2.22. The monoisotopic (exact) mass is 270 g/mol. The average Bonchev–Trinajstić information content (AvgIpc) is 2.67. The molecule has 0 aromatic heterocycles. The van der Waals surface area contributed by atoms with Crippen molar-refractivity contribution in [3.05, 3.63) is 12.2 Å². The normalized spacial score (nSPS) is 30.7. The standard InChI is InChI=1S/C14H22O5/c1-19-14(18)7-5-3-2-4-6-10-11(9-15)13(17)8-12(10)16/h2,4,9-13,16-17H,3,5-8H2,1H3/b4-2+. The Labute approximate surface area is 113 Å². The third-order valence-corrected chi connectivity index (χ3v) is 3.63. The van der Waals surface area contributed by atoms with E-state index in [1.54, 1.807) is 0 Å². The van der Waals surface area contributed by atoms with Crippen LogP contribution < -0.4 is 0 Å². The minimum absolute atomic E-state index is 0.204. The highest BCUT2D eigenvalue weighted by Crippen LogP contribution is 2.33. The van der Waals surface area contributed by atoms with Crippen molar-refractivity contribution >= 4 is 12.3 Å². The largest absolute Gasteiger partial charge is 0.469 e. The van der Waals surface area contributed by atoms with E-state index in [9.17, 15) is 19.8 Å². The molecule has 19 heavy (non-hydrogen) atoms. The van der Waals surface area contributed by atoms with E-state index >= 15 is 0 Å². The number of esters is 1. The minimum Gasteiger partial charge on any atom is -0.469 e. The molecule has 4 unspecified atom stereocenters. The Morgan fingerprint density at radius 2 is 2.05 bits per heavy atom. The first-order valence-electron chi connectivity index (χ1n) is 6.63. The van der Waals surface area contributed by atoms with Crippen molar-refractivity contribution in [1.82, 2.24) is 0 Å². The van der Waals surface area contributed by atoms with Gasteiger partial charge in [-0.15, -0.1) is 0 Å². The predicted octanol–water partition coefficient (Wildman–Crippen LogP) is 0.833. The number of aldehydes is 1. The minimum atomic E-state index is -0.731. The number of aliphatic hydroxyl groups excluding tert-OH is 2. The summed E-state index contributed by atoms with van der Waals surface area (Å²) in [6.07, 6.45) is 5.92. The van der Waals surface area contributed by atoms with Crippen molar-refractivity contribution in [2.45, 2.75) is 44.3 Å². The van der Waals surface area contributed by atoms with Crippen LogP contribution in [0.1, 0.15) is 32.1 Å². The van der Waals surface area contributed by atoms with Crippen LogP contribution in [-0.4, -0.2) is 41.8 Å². The fourth-order valence-electron chi connectivity index (χ4n) is 2.46. The van der Waals surface area contributed by atoms with Crippen molar-refractivity contribution < 1.29 is 24.5 Å². The van der Waals surface area contributed by atoms with Crippen molar-refractivity contribution in [3.8, 4) is 0 Å². The topological polar surface area (TPSA) is 83.8 Å². The number of carbonyl (C=O) groups is 2. The van der Waals surface area contributed by atoms with Gasteiger partial charge in [-0.05, 0) is 19.3 Å². The summed E-state index contributed by atoms with van der Waals surface area (Å²) in [5.74, 6) is -0.900. The van der Waals surface area contributed by atoms with Gasteiger partial charge in [0.1, 0.15) is 6.29 Å². The Bertz CT molecular complexity index is 326. The molecule has 0 amide bonds. The highest BCUT2D eigenvalue weighted by atomic mass is 16.5. The van der Waals surface area contributed by atoms with Crippen molar-refractivity contribution in [2.75, 3.05) is 7.11 Å². The van der Waals surface area contributed by atoms with Crippen LogP contribution in [0.15, 0.2) is 12.2 Å². The second-order valence-corrected chi connectivity index (χ2v) is 4.92. The predicted molar refractivity (Wildman–Crippen MR) is 69.3 cm³/mol. The summed E-state index contributed by atoms with van der Waals surface area (Å²) in [4.78, 5) is 21.7. The van der Waals surface area contributed by atoms with E-state index in [4.69, 9.17) is 0 Å². The van der Waals surface area contributed by atoms with Crippen LogP contribution in [0.5, 0.6) is 0 Å². The molecule has 1 rings (SSSR count). The fraction of sp³-hybridized carbons (Fsp3) is 0.714. The molecule has 2 N–H and O–H groups in total. The summed E-state index contributed by atoms with van der Waals surface area (Å²) in [7, 11) is 1.37. The van der Waals surface area contributed by atoms with Gasteiger partial charge in [0.25, 0.3) is 0 Å². The Hall–Kier alpha value is -1.20. The molecule has 0 spiro atoms. The summed E-state index contributed by atoms with van der Waals surface area (Å²) in [6, 6.07) is 0. The molecule has 0 aromatic carbocycles. The SMILES string of the molecule is COC(=O)CCC/C=C/CC1C(O)CC(O)C1C=O. The van der Waals surface area contributed by atoms with Gasteiger partial charge in [0.05, 0.1) is 19.3 Å². The van der Waals surface area contributed by atoms with Crippen LogP contribution in [0.2, 0.25) is 0 Å². The van der Waals surface area contributed by atoms with E-state index in [1.165, 1.54) is 7.11 Å². The summed E-state index contributed by atoms with van der Waals surface area (Å²) in [5.41, 5.74) is 0. The first-order valence-corrected chi connectivity index (χ1v) is 6.63. The van der Waals surface area contributed by atoms with Gasteiger partial charge in [-0.2, -0.15) is 0 Å². The number of ether oxygens (including phenoxy) is 1. The first kappa shape index (κ1) is 15.9. The maximum Gasteiger partial charge on any atom is 0.305 e. The molecule has 0 aliphatic heterocycles. The van der Waals surface area contributed by atoms with Crippen LogP contribution >= 0.6 is 0 Å². The third-order valence-electron chi connectivity index (χ3n) is 3.63. The summed E-state index contributed by atoms with van der Waals surface area (Å²) in [5, 5.41) is 19.3. The van der Waals surface area contributed by atoms with E-state index in [0.29, 0.717) is 12.8 Å². The van der Waals surface area contributed by atoms with Gasteiger partial charge in [0, 0.05) is 24.7 Å². The second-order valence-electron chi connectivity index (χ2n) is 4.92. The smallest absolute Gasteiger partial charge is 0.305 e. The second kappa shape index (κ2) is 8.07. The Balaban J connectivity index is 2.27. The van der Waals surface area contributed by atoms with Crippen LogP contribution in [0.3, 0.4) is 0 Å². The molecule has 1 aliphatic carbocycles. The van der Waals surface area contributed by atoms with Gasteiger partial charge < -0.3 is 19.7 Å². The number of unbranched alkanes of at least 4 members (excludes halogenated alkanes) is 1. The molecular weight excluding hydrogens is 248 g/mol. The molecule has 1 saturated carbocycles. The number of hydrogen-bond donors (Lipinski definition) is 2. The number of carbonyl (C=O) groups excluding carboxylic acids is 2. The molecule has 0 saturated heterocycles. The first-order chi connectivity index (χ1) is 9.10. The van der Waals surface area contributed by atoms with Crippen LogP contribution in [0, 0.1) is 11.8 Å². The van der Waals surface area contributed by atoms with Crippen molar-refractivity contribution in [2.24, 2.45) is 11.8 Å². The zero-order valence-corrected chi connectivity index (χ0v) is 11.2. The van der Waals surface area contributed by atoms with E-state index in [0.717, 1.165) is 19.1 Å². The summed E-state index contributed by atoms with van der Waals surface area (Å²) < 4.78 is 4.53. The molecule has 0 aromatic rings. The summed E-state index contributed by atoms with van der Waals surface area (Å²) >= 11 is 0. The molecular formula is C14H22O5. The number of rotatable bonds is 7. The number of allylic oxidation sites excluding steroid dienone is 2. The molecule has 1 aliphatic rings. The molecule has 4 atom stereocenters. The Morgan fingerprint density at radius 1 is 1.32 bits per heavy atom. The van der Waals surface area contributed by atoms with Gasteiger partial charge in [-0.25, -0.2) is 0 Å². The molecule has 0 radical (unpaired) electrons. The third kappa shape index (κ3) is 4.76. The highest BCUT2D eigenvalue weighted by molar-refractivity contribution is 5.69. The molecule has 1 fully saturated rings. The van der Waals surface area contributed by atoms with Gasteiger partial charge in [-0.1, -0.05) is 12.2 Å². The maximum atomic E-state index is 10.9. The number of aliphatic hydroxyl groups is 2. The quantitative estimate of drug-likeness (QED) is 0.310. The van der Waals surface area contributed by atoms with E-state index in [-0.39, 0.29) is 18.3 Å². The van der Waals surface area contributed by atoms with E-state index < -0.39 is 18.1 Å². The van der Waals surface area contributed by atoms with E-state index in [2.05, 4.69) is 4.74 Å². The zero-order chi connectivity index (χ0) is 14.3. The van der Waals surface area contributed by atoms with Crippen LogP contribution in [0.25, 0.3) is 0 Å². The summed E-state index contributed by atoms with van der Waals surface area (Å²) in [6.45, 7) is 0.